The van der Waals surface area contributed by atoms with Gasteiger partial charge in [-0.1, -0.05) is 24.8 Å². The van der Waals surface area contributed by atoms with Gasteiger partial charge in [-0.3, -0.25) is 4.79 Å². The van der Waals surface area contributed by atoms with Crippen molar-refractivity contribution in [3.8, 4) is 11.3 Å². The highest BCUT2D eigenvalue weighted by atomic mass is 19.1. The van der Waals surface area contributed by atoms with Crippen LogP contribution in [0.1, 0.15) is 0 Å². The molecule has 3 rings (SSSR count). The van der Waals surface area contributed by atoms with E-state index < -0.39 is 6.03 Å². The molecule has 3 aromatic rings. The first-order chi connectivity index (χ1) is 13.5. The van der Waals surface area contributed by atoms with Crippen molar-refractivity contribution in [3.63, 3.8) is 0 Å². The summed E-state index contributed by atoms with van der Waals surface area (Å²) in [4.78, 5) is 27.8. The monoisotopic (exact) mass is 376 g/mol. The summed E-state index contributed by atoms with van der Waals surface area (Å²) in [7, 11) is 0. The predicted octanol–water partition coefficient (Wildman–Crippen LogP) is 4.66. The van der Waals surface area contributed by atoms with Gasteiger partial charge in [-0.05, 0) is 54.6 Å². The van der Waals surface area contributed by atoms with E-state index in [1.54, 1.807) is 36.4 Å². The summed E-state index contributed by atoms with van der Waals surface area (Å²) in [5.74, 6) is -0.289. The molecule has 0 saturated heterocycles. The predicted molar refractivity (Wildman–Crippen MR) is 108 cm³/mol. The highest BCUT2D eigenvalue weighted by Crippen LogP contribution is 2.21. The lowest BCUT2D eigenvalue weighted by atomic mass is 10.1. The Morgan fingerprint density at radius 3 is 2.07 bits per heavy atom. The smallest absolute Gasteiger partial charge is 0.308 e. The van der Waals surface area contributed by atoms with Crippen molar-refractivity contribution in [2.45, 2.75) is 0 Å². The maximum Gasteiger partial charge on any atom is 0.323 e. The molecule has 3 amide bonds. The average Bonchev–Trinajstić information content (AvgIpc) is 2.70. The summed E-state index contributed by atoms with van der Waals surface area (Å²) < 4.78 is 12.9. The summed E-state index contributed by atoms with van der Waals surface area (Å²) in [5.41, 5.74) is 2.56. The van der Waals surface area contributed by atoms with Gasteiger partial charge in [0.1, 0.15) is 11.6 Å². The lowest BCUT2D eigenvalue weighted by Crippen LogP contribution is -2.19. The van der Waals surface area contributed by atoms with Crippen molar-refractivity contribution in [1.82, 2.24) is 4.98 Å². The Morgan fingerprint density at radius 1 is 0.857 bits per heavy atom. The average molecular weight is 376 g/mol. The van der Waals surface area contributed by atoms with Gasteiger partial charge in [0.15, 0.2) is 0 Å². The molecular formula is C21H17FN4O2. The van der Waals surface area contributed by atoms with Crippen molar-refractivity contribution in [2.75, 3.05) is 16.0 Å². The Kier molecular flexibility index (Phi) is 5.76. The molecule has 140 valence electrons. The van der Waals surface area contributed by atoms with Gasteiger partial charge in [-0.25, -0.2) is 14.2 Å². The van der Waals surface area contributed by atoms with Gasteiger partial charge in [0.2, 0.25) is 5.91 Å². The quantitative estimate of drug-likeness (QED) is 0.567. The number of hydrogen-bond acceptors (Lipinski definition) is 3. The number of benzene rings is 2. The minimum atomic E-state index is -0.438. The number of carbonyl (C=O) groups excluding carboxylic acids is 2. The number of nitrogens with one attached hydrogen (secondary N) is 3. The number of nitrogens with zero attached hydrogens (tertiary/aromatic N) is 1. The van der Waals surface area contributed by atoms with Crippen molar-refractivity contribution in [1.29, 1.82) is 0 Å². The first-order valence-electron chi connectivity index (χ1n) is 8.38. The molecule has 0 atom stereocenters. The van der Waals surface area contributed by atoms with Crippen LogP contribution in [0.15, 0.2) is 79.4 Å². The van der Waals surface area contributed by atoms with E-state index in [1.807, 2.05) is 6.07 Å². The summed E-state index contributed by atoms with van der Waals surface area (Å²) >= 11 is 0. The maximum atomic E-state index is 12.9. The molecule has 0 saturated carbocycles. The van der Waals surface area contributed by atoms with Gasteiger partial charge in [0.25, 0.3) is 0 Å². The summed E-state index contributed by atoms with van der Waals surface area (Å²) in [6.07, 6.45) is 1.17. The standard InChI is InChI=1S/C21H17FN4O2/c1-2-20(27)26-19-5-3-4-18(25-19)14-6-10-16(11-7-14)23-21(28)24-17-12-8-15(22)9-13-17/h2-13H,1H2,(H2,23,24,28)(H,25,26,27). The van der Waals surface area contributed by atoms with E-state index >= 15 is 0 Å². The lowest BCUT2D eigenvalue weighted by molar-refractivity contribution is -0.111. The third-order valence-electron chi connectivity index (χ3n) is 3.73. The third kappa shape index (κ3) is 5.01. The van der Waals surface area contributed by atoms with E-state index in [4.69, 9.17) is 0 Å². The normalized spacial score (nSPS) is 10.0. The summed E-state index contributed by atoms with van der Waals surface area (Å²) in [5, 5.41) is 7.92. The molecular weight excluding hydrogens is 359 g/mol. The first-order valence-corrected chi connectivity index (χ1v) is 8.38. The Morgan fingerprint density at radius 2 is 1.46 bits per heavy atom. The number of amides is 3. The zero-order chi connectivity index (χ0) is 19.9. The Hall–Kier alpha value is -4.00. The second kappa shape index (κ2) is 8.59. The highest BCUT2D eigenvalue weighted by Gasteiger charge is 2.06. The SMILES string of the molecule is C=CC(=O)Nc1cccc(-c2ccc(NC(=O)Nc3ccc(F)cc3)cc2)n1. The number of hydrogen-bond donors (Lipinski definition) is 3. The highest BCUT2D eigenvalue weighted by molar-refractivity contribution is 6.00. The number of anilines is 3. The van der Waals surface area contributed by atoms with Crippen LogP contribution >= 0.6 is 0 Å². The largest absolute Gasteiger partial charge is 0.323 e. The van der Waals surface area contributed by atoms with E-state index in [-0.39, 0.29) is 11.7 Å². The molecule has 0 fully saturated rings. The Labute approximate surface area is 161 Å². The number of rotatable bonds is 5. The second-order valence-corrected chi connectivity index (χ2v) is 5.76. The van der Waals surface area contributed by atoms with Crippen molar-refractivity contribution in [3.05, 3.63) is 85.2 Å². The van der Waals surface area contributed by atoms with Crippen LogP contribution in [0, 0.1) is 5.82 Å². The van der Waals surface area contributed by atoms with E-state index in [9.17, 15) is 14.0 Å². The van der Waals surface area contributed by atoms with E-state index in [0.717, 1.165) is 5.56 Å². The fourth-order valence-corrected chi connectivity index (χ4v) is 2.39. The van der Waals surface area contributed by atoms with Crippen molar-refractivity contribution >= 4 is 29.1 Å². The van der Waals surface area contributed by atoms with Gasteiger partial charge in [-0.15, -0.1) is 0 Å². The van der Waals surface area contributed by atoms with Crippen molar-refractivity contribution < 1.29 is 14.0 Å². The van der Waals surface area contributed by atoms with Crippen LogP contribution in [0.5, 0.6) is 0 Å². The molecule has 6 nitrogen and oxygen atoms in total. The molecule has 3 N–H and O–H groups in total. The van der Waals surface area contributed by atoms with Crippen molar-refractivity contribution in [2.24, 2.45) is 0 Å². The van der Waals surface area contributed by atoms with E-state index in [0.29, 0.717) is 22.9 Å². The fraction of sp³-hybridized carbons (Fsp3) is 0. The topological polar surface area (TPSA) is 83.1 Å². The fourth-order valence-electron chi connectivity index (χ4n) is 2.39. The number of halogens is 1. The van der Waals surface area contributed by atoms with Gasteiger partial charge < -0.3 is 16.0 Å². The van der Waals surface area contributed by atoms with Gasteiger partial charge in [0.05, 0.1) is 5.69 Å². The molecule has 0 aliphatic carbocycles. The van der Waals surface area contributed by atoms with Crippen LogP contribution in [-0.2, 0) is 4.79 Å². The molecule has 0 aliphatic rings. The minimum Gasteiger partial charge on any atom is -0.308 e. The molecule has 1 aromatic heterocycles. The molecule has 0 unspecified atom stereocenters. The lowest BCUT2D eigenvalue weighted by Gasteiger charge is -2.09. The van der Waals surface area contributed by atoms with Gasteiger partial charge in [0, 0.05) is 16.9 Å². The summed E-state index contributed by atoms with van der Waals surface area (Å²) in [6.45, 7) is 3.40. The Balaban J connectivity index is 1.65. The van der Waals surface area contributed by atoms with Crippen LogP contribution in [-0.4, -0.2) is 16.9 Å². The minimum absolute atomic E-state index is 0.337. The van der Waals surface area contributed by atoms with E-state index in [1.165, 1.54) is 30.3 Å². The number of aromatic nitrogens is 1. The molecule has 1 heterocycles. The molecule has 0 bridgehead atoms. The van der Waals surface area contributed by atoms with Crippen LogP contribution in [0.25, 0.3) is 11.3 Å². The van der Waals surface area contributed by atoms with Gasteiger partial charge >= 0.3 is 6.03 Å². The molecule has 28 heavy (non-hydrogen) atoms. The number of carbonyl (C=O) groups is 2. The van der Waals surface area contributed by atoms with Crippen LogP contribution in [0.4, 0.5) is 26.4 Å². The molecule has 0 aliphatic heterocycles. The second-order valence-electron chi connectivity index (χ2n) is 5.76. The van der Waals surface area contributed by atoms with Crippen LogP contribution in [0.3, 0.4) is 0 Å². The molecule has 7 heteroatoms. The Bertz CT molecular complexity index is 1000. The summed E-state index contributed by atoms with van der Waals surface area (Å²) in [6, 6.07) is 17.4. The number of urea groups is 1. The van der Waals surface area contributed by atoms with Crippen LogP contribution < -0.4 is 16.0 Å². The number of pyridine rings is 1. The maximum absolute atomic E-state index is 12.9. The molecule has 0 spiro atoms. The third-order valence-corrected chi connectivity index (χ3v) is 3.73. The molecule has 2 aromatic carbocycles. The zero-order valence-corrected chi connectivity index (χ0v) is 14.8. The zero-order valence-electron chi connectivity index (χ0n) is 14.8. The first kappa shape index (κ1) is 18.8. The van der Waals surface area contributed by atoms with Gasteiger partial charge in [-0.2, -0.15) is 0 Å². The molecule has 0 radical (unpaired) electrons. The van der Waals surface area contributed by atoms with Crippen LogP contribution in [0.2, 0.25) is 0 Å². The van der Waals surface area contributed by atoms with E-state index in [2.05, 4.69) is 27.5 Å².